The molecular formula is C15H16ClN7. The lowest BCUT2D eigenvalue weighted by Crippen LogP contribution is -2.34. The van der Waals surface area contributed by atoms with E-state index in [4.69, 9.17) is 11.6 Å². The van der Waals surface area contributed by atoms with Gasteiger partial charge in [-0.25, -0.2) is 9.97 Å². The topological polar surface area (TPSA) is 72.1 Å². The Morgan fingerprint density at radius 2 is 1.83 bits per heavy atom. The van der Waals surface area contributed by atoms with E-state index in [1.165, 1.54) is 0 Å². The molecule has 1 aliphatic heterocycles. The Hall–Kier alpha value is -2.28. The van der Waals surface area contributed by atoms with Crippen LogP contribution < -0.4 is 4.90 Å². The summed E-state index contributed by atoms with van der Waals surface area (Å²) in [4.78, 5) is 10.8. The molecule has 0 bridgehead atoms. The van der Waals surface area contributed by atoms with Crippen molar-refractivity contribution in [3.05, 3.63) is 41.1 Å². The Morgan fingerprint density at radius 1 is 1.09 bits per heavy atom. The Balaban J connectivity index is 1.52. The third-order valence-electron chi connectivity index (χ3n) is 4.17. The Kier molecular flexibility index (Phi) is 3.57. The van der Waals surface area contributed by atoms with Gasteiger partial charge in [0.1, 0.15) is 0 Å². The summed E-state index contributed by atoms with van der Waals surface area (Å²) in [7, 11) is 0. The molecule has 1 saturated heterocycles. The maximum absolute atomic E-state index is 5.84. The first-order valence-electron chi connectivity index (χ1n) is 7.62. The number of piperidine rings is 1. The third kappa shape index (κ3) is 2.72. The van der Waals surface area contributed by atoms with E-state index in [0.717, 1.165) is 49.0 Å². The minimum absolute atomic E-state index is 0.350. The van der Waals surface area contributed by atoms with E-state index in [0.29, 0.717) is 10.9 Å². The predicted octanol–water partition coefficient (Wildman–Crippen LogP) is 2.26. The summed E-state index contributed by atoms with van der Waals surface area (Å²) in [6.07, 6.45) is 5.22. The van der Waals surface area contributed by atoms with Gasteiger partial charge >= 0.3 is 0 Å². The molecule has 0 saturated carbocycles. The maximum Gasteiger partial charge on any atom is 0.225 e. The highest BCUT2D eigenvalue weighted by Gasteiger charge is 2.26. The second-order valence-electron chi connectivity index (χ2n) is 5.77. The lowest BCUT2D eigenvalue weighted by Gasteiger charge is -2.30. The van der Waals surface area contributed by atoms with Crippen molar-refractivity contribution in [3.63, 3.8) is 0 Å². The van der Waals surface area contributed by atoms with E-state index in [-0.39, 0.29) is 0 Å². The van der Waals surface area contributed by atoms with Gasteiger partial charge in [-0.3, -0.25) is 0 Å². The molecule has 0 spiro atoms. The summed E-state index contributed by atoms with van der Waals surface area (Å²) in [6, 6.07) is 3.91. The molecule has 1 aliphatic rings. The lowest BCUT2D eigenvalue weighted by atomic mass is 9.96. The Bertz CT molecular complexity index is 821. The van der Waals surface area contributed by atoms with Crippen molar-refractivity contribution in [1.82, 2.24) is 29.8 Å². The SMILES string of the molecule is Cc1ccc2nnc(C3CCN(c4ncc(Cl)cn4)CC3)n2n1. The normalized spacial score (nSPS) is 16.2. The minimum Gasteiger partial charge on any atom is -0.341 e. The number of aromatic nitrogens is 6. The number of hydrogen-bond donors (Lipinski definition) is 0. The molecule has 7 nitrogen and oxygen atoms in total. The summed E-state index contributed by atoms with van der Waals surface area (Å²) >= 11 is 5.84. The predicted molar refractivity (Wildman–Crippen MR) is 86.7 cm³/mol. The monoisotopic (exact) mass is 329 g/mol. The van der Waals surface area contributed by atoms with Crippen molar-refractivity contribution in [2.75, 3.05) is 18.0 Å². The van der Waals surface area contributed by atoms with E-state index in [2.05, 4.69) is 30.2 Å². The average molecular weight is 330 g/mol. The fourth-order valence-electron chi connectivity index (χ4n) is 2.96. The third-order valence-corrected chi connectivity index (χ3v) is 4.37. The molecule has 0 aliphatic carbocycles. The highest BCUT2D eigenvalue weighted by Crippen LogP contribution is 2.28. The van der Waals surface area contributed by atoms with Crippen LogP contribution in [0.5, 0.6) is 0 Å². The van der Waals surface area contributed by atoms with Crippen LogP contribution in [-0.2, 0) is 0 Å². The van der Waals surface area contributed by atoms with Gasteiger partial charge in [-0.15, -0.1) is 10.2 Å². The summed E-state index contributed by atoms with van der Waals surface area (Å²) in [6.45, 7) is 3.74. The molecule has 118 valence electrons. The van der Waals surface area contributed by atoms with Crippen molar-refractivity contribution in [1.29, 1.82) is 0 Å². The van der Waals surface area contributed by atoms with Crippen LogP contribution in [0.25, 0.3) is 5.65 Å². The van der Waals surface area contributed by atoms with Crippen LogP contribution in [0, 0.1) is 6.92 Å². The first-order valence-corrected chi connectivity index (χ1v) is 8.00. The first kappa shape index (κ1) is 14.3. The van der Waals surface area contributed by atoms with Crippen LogP contribution >= 0.6 is 11.6 Å². The summed E-state index contributed by atoms with van der Waals surface area (Å²) in [5.74, 6) is 2.02. The second kappa shape index (κ2) is 5.73. The number of halogens is 1. The van der Waals surface area contributed by atoms with Crippen LogP contribution in [0.4, 0.5) is 5.95 Å². The number of hydrogen-bond acceptors (Lipinski definition) is 6. The molecule has 0 atom stereocenters. The molecule has 0 N–H and O–H groups in total. The molecule has 0 radical (unpaired) electrons. The largest absolute Gasteiger partial charge is 0.341 e. The average Bonchev–Trinajstić information content (AvgIpc) is 2.99. The van der Waals surface area contributed by atoms with E-state index in [1.807, 2.05) is 23.6 Å². The zero-order valence-corrected chi connectivity index (χ0v) is 13.5. The van der Waals surface area contributed by atoms with Gasteiger partial charge < -0.3 is 4.90 Å². The van der Waals surface area contributed by atoms with Crippen LogP contribution in [0.3, 0.4) is 0 Å². The van der Waals surface area contributed by atoms with Crippen molar-refractivity contribution < 1.29 is 0 Å². The fraction of sp³-hybridized carbons (Fsp3) is 0.400. The van der Waals surface area contributed by atoms with E-state index in [9.17, 15) is 0 Å². The van der Waals surface area contributed by atoms with Crippen molar-refractivity contribution in [2.45, 2.75) is 25.7 Å². The molecule has 0 unspecified atom stereocenters. The summed E-state index contributed by atoms with van der Waals surface area (Å²) in [5.41, 5.74) is 1.76. The van der Waals surface area contributed by atoms with E-state index in [1.54, 1.807) is 12.4 Å². The van der Waals surface area contributed by atoms with Crippen molar-refractivity contribution in [3.8, 4) is 0 Å². The van der Waals surface area contributed by atoms with Gasteiger partial charge in [0.2, 0.25) is 5.95 Å². The molecule has 8 heteroatoms. The van der Waals surface area contributed by atoms with Gasteiger partial charge in [0, 0.05) is 19.0 Å². The van der Waals surface area contributed by atoms with Crippen LogP contribution in [0.2, 0.25) is 5.02 Å². The van der Waals surface area contributed by atoms with E-state index >= 15 is 0 Å². The maximum atomic E-state index is 5.84. The highest BCUT2D eigenvalue weighted by molar-refractivity contribution is 6.30. The summed E-state index contributed by atoms with van der Waals surface area (Å²) < 4.78 is 1.87. The number of fused-ring (bicyclic) bond motifs is 1. The van der Waals surface area contributed by atoms with Crippen LogP contribution in [0.15, 0.2) is 24.5 Å². The smallest absolute Gasteiger partial charge is 0.225 e. The zero-order valence-electron chi connectivity index (χ0n) is 12.7. The lowest BCUT2D eigenvalue weighted by molar-refractivity contribution is 0.472. The summed E-state index contributed by atoms with van der Waals surface area (Å²) in [5, 5.41) is 13.7. The number of aryl methyl sites for hydroxylation is 1. The number of nitrogens with zero attached hydrogens (tertiary/aromatic N) is 7. The second-order valence-corrected chi connectivity index (χ2v) is 6.20. The van der Waals surface area contributed by atoms with E-state index < -0.39 is 0 Å². The molecular weight excluding hydrogens is 314 g/mol. The Labute approximate surface area is 138 Å². The van der Waals surface area contributed by atoms with Crippen LogP contribution in [0.1, 0.15) is 30.3 Å². The fourth-order valence-corrected chi connectivity index (χ4v) is 3.06. The molecule has 0 aromatic carbocycles. The molecule has 4 heterocycles. The molecule has 0 amide bonds. The van der Waals surface area contributed by atoms with Gasteiger partial charge in [0.25, 0.3) is 0 Å². The molecule has 4 rings (SSSR count). The molecule has 3 aromatic heterocycles. The highest BCUT2D eigenvalue weighted by atomic mass is 35.5. The van der Waals surface area contributed by atoms with Crippen molar-refractivity contribution >= 4 is 23.2 Å². The van der Waals surface area contributed by atoms with Gasteiger partial charge in [-0.1, -0.05) is 11.6 Å². The molecule has 3 aromatic rings. The minimum atomic E-state index is 0.350. The molecule has 23 heavy (non-hydrogen) atoms. The molecule has 1 fully saturated rings. The first-order chi connectivity index (χ1) is 11.2. The van der Waals surface area contributed by atoms with Gasteiger partial charge in [-0.05, 0) is 31.9 Å². The Morgan fingerprint density at radius 3 is 2.57 bits per heavy atom. The standard InChI is InChI=1S/C15H16ClN7/c1-10-2-3-13-19-20-14(23(13)21-10)11-4-6-22(7-5-11)15-17-8-12(16)9-18-15/h2-3,8-9,11H,4-7H2,1H3. The quantitative estimate of drug-likeness (QED) is 0.718. The van der Waals surface area contributed by atoms with Gasteiger partial charge in [-0.2, -0.15) is 9.61 Å². The van der Waals surface area contributed by atoms with Gasteiger partial charge in [0.05, 0.1) is 23.1 Å². The number of rotatable bonds is 2. The number of anilines is 1. The zero-order chi connectivity index (χ0) is 15.8. The van der Waals surface area contributed by atoms with Crippen molar-refractivity contribution in [2.24, 2.45) is 0 Å². The van der Waals surface area contributed by atoms with Crippen LogP contribution in [-0.4, -0.2) is 42.9 Å². The van der Waals surface area contributed by atoms with Gasteiger partial charge in [0.15, 0.2) is 11.5 Å².